The Bertz CT molecular complexity index is 1170. The molecule has 0 atom stereocenters. The summed E-state index contributed by atoms with van der Waals surface area (Å²) in [6.45, 7) is 1.92. The van der Waals surface area contributed by atoms with E-state index in [4.69, 9.17) is 4.98 Å². The molecule has 1 aliphatic rings. The molecule has 0 saturated heterocycles. The van der Waals surface area contributed by atoms with Crippen LogP contribution in [0.4, 0.5) is 15.5 Å². The van der Waals surface area contributed by atoms with Crippen molar-refractivity contribution in [1.29, 1.82) is 0 Å². The van der Waals surface area contributed by atoms with Crippen LogP contribution in [0.15, 0.2) is 60.9 Å². The minimum Gasteiger partial charge on any atom is -0.321 e. The number of urea groups is 1. The molecule has 0 fully saturated rings. The summed E-state index contributed by atoms with van der Waals surface area (Å²) < 4.78 is 2.04. The van der Waals surface area contributed by atoms with Crippen molar-refractivity contribution in [2.24, 2.45) is 0 Å². The third-order valence-electron chi connectivity index (χ3n) is 5.12. The number of nitrogens with zero attached hydrogens (tertiary/aromatic N) is 3. The van der Waals surface area contributed by atoms with Crippen LogP contribution in [0.25, 0.3) is 15.9 Å². The summed E-state index contributed by atoms with van der Waals surface area (Å²) >= 11 is 1.52. The van der Waals surface area contributed by atoms with Gasteiger partial charge in [0.25, 0.3) is 0 Å². The Labute approximate surface area is 172 Å². The summed E-state index contributed by atoms with van der Waals surface area (Å²) in [7, 11) is 2.13. The van der Waals surface area contributed by atoms with Gasteiger partial charge in [0.05, 0.1) is 5.69 Å². The fraction of sp³-hybridized carbons (Fsp3) is 0.182. The van der Waals surface area contributed by atoms with Crippen LogP contribution in [0, 0.1) is 0 Å². The van der Waals surface area contributed by atoms with Crippen LogP contribution in [0.5, 0.6) is 0 Å². The first-order valence-corrected chi connectivity index (χ1v) is 10.4. The maximum Gasteiger partial charge on any atom is 0.324 e. The van der Waals surface area contributed by atoms with Gasteiger partial charge in [0, 0.05) is 48.7 Å². The molecule has 0 bridgehead atoms. The van der Waals surface area contributed by atoms with Crippen LogP contribution in [0.2, 0.25) is 0 Å². The smallest absolute Gasteiger partial charge is 0.321 e. The van der Waals surface area contributed by atoms with Crippen molar-refractivity contribution >= 4 is 38.3 Å². The molecular weight excluding hydrogens is 382 g/mol. The normalized spacial score (nSPS) is 14.0. The van der Waals surface area contributed by atoms with Gasteiger partial charge in [-0.1, -0.05) is 29.5 Å². The topological polar surface area (TPSA) is 62.2 Å². The molecule has 1 aromatic carbocycles. The van der Waals surface area contributed by atoms with E-state index >= 15 is 0 Å². The molecule has 0 radical (unpaired) electrons. The molecule has 0 spiro atoms. The Balaban J connectivity index is 1.55. The van der Waals surface area contributed by atoms with Crippen molar-refractivity contribution in [3.63, 3.8) is 0 Å². The summed E-state index contributed by atoms with van der Waals surface area (Å²) in [6, 6.07) is 15.4. The Morgan fingerprint density at radius 3 is 2.69 bits per heavy atom. The van der Waals surface area contributed by atoms with E-state index < -0.39 is 0 Å². The van der Waals surface area contributed by atoms with Gasteiger partial charge in [-0.3, -0.25) is 5.32 Å². The Morgan fingerprint density at radius 1 is 1.10 bits per heavy atom. The van der Waals surface area contributed by atoms with Crippen LogP contribution >= 0.6 is 11.3 Å². The molecular formula is C22H21N5OS. The van der Waals surface area contributed by atoms with Gasteiger partial charge in [0.15, 0.2) is 0 Å². The lowest BCUT2D eigenvalue weighted by Crippen LogP contribution is -2.27. The van der Waals surface area contributed by atoms with Gasteiger partial charge in [-0.25, -0.2) is 9.78 Å². The predicted octanol–water partition coefficient (Wildman–Crippen LogP) is 4.72. The summed E-state index contributed by atoms with van der Waals surface area (Å²) in [5.41, 5.74) is 4.14. The fourth-order valence-electron chi connectivity index (χ4n) is 3.72. The summed E-state index contributed by atoms with van der Waals surface area (Å²) in [5, 5.41) is 7.77. The third kappa shape index (κ3) is 3.50. The van der Waals surface area contributed by atoms with Gasteiger partial charge in [-0.05, 0) is 42.9 Å². The van der Waals surface area contributed by atoms with Crippen molar-refractivity contribution in [3.05, 3.63) is 72.2 Å². The third-order valence-corrected chi connectivity index (χ3v) is 6.12. The van der Waals surface area contributed by atoms with Crippen molar-refractivity contribution in [2.75, 3.05) is 24.2 Å². The maximum absolute atomic E-state index is 12.6. The second-order valence-electron chi connectivity index (χ2n) is 7.25. The number of fused-ring (bicyclic) bond motifs is 2. The lowest BCUT2D eigenvalue weighted by atomic mass is 10.0. The molecule has 0 saturated carbocycles. The minimum absolute atomic E-state index is 0.263. The van der Waals surface area contributed by atoms with E-state index in [1.54, 1.807) is 0 Å². The molecule has 4 heterocycles. The number of thiophene rings is 1. The zero-order valence-electron chi connectivity index (χ0n) is 16.1. The molecule has 29 heavy (non-hydrogen) atoms. The lowest BCUT2D eigenvalue weighted by molar-refractivity contribution is 0.262. The van der Waals surface area contributed by atoms with Gasteiger partial charge in [-0.2, -0.15) is 0 Å². The number of hydrogen-bond acceptors (Lipinski definition) is 4. The van der Waals surface area contributed by atoms with E-state index in [1.807, 2.05) is 59.4 Å². The highest BCUT2D eigenvalue weighted by molar-refractivity contribution is 7.23. The molecule has 2 amide bonds. The van der Waals surface area contributed by atoms with Crippen LogP contribution in [-0.2, 0) is 13.0 Å². The Kier molecular flexibility index (Phi) is 4.54. The zero-order chi connectivity index (χ0) is 19.8. The first-order chi connectivity index (χ1) is 14.2. The van der Waals surface area contributed by atoms with Crippen molar-refractivity contribution in [1.82, 2.24) is 14.5 Å². The molecule has 2 N–H and O–H groups in total. The Hall–Kier alpha value is -3.16. The Morgan fingerprint density at radius 2 is 1.90 bits per heavy atom. The quantitative estimate of drug-likeness (QED) is 0.520. The average Bonchev–Trinajstić information content (AvgIpc) is 3.34. The highest BCUT2D eigenvalue weighted by Crippen LogP contribution is 2.39. The molecule has 146 valence electrons. The van der Waals surface area contributed by atoms with Crippen LogP contribution in [0.1, 0.15) is 11.3 Å². The number of carbonyl (C=O) groups excluding carboxylic acids is 1. The molecule has 1 aliphatic heterocycles. The molecule has 3 aromatic heterocycles. The summed E-state index contributed by atoms with van der Waals surface area (Å²) in [5.74, 6) is 0. The van der Waals surface area contributed by atoms with Crippen LogP contribution in [-0.4, -0.2) is 34.1 Å². The number of benzene rings is 1. The van der Waals surface area contributed by atoms with Gasteiger partial charge in [0.1, 0.15) is 9.83 Å². The molecule has 5 rings (SSSR count). The number of amides is 2. The van der Waals surface area contributed by atoms with Gasteiger partial charge >= 0.3 is 6.03 Å². The number of hydrogen-bond donors (Lipinski definition) is 2. The highest BCUT2D eigenvalue weighted by Gasteiger charge is 2.21. The standard InChI is InChI=1S/C22H21N5OS/c1-26-12-9-18-15(14-26)13-17-19(27-10-5-6-11-27)21(29-20(17)24-18)25-22(28)23-16-7-3-2-4-8-16/h2-8,10-11,13H,9,12,14H2,1H3,(H2,23,25,28). The fourth-order valence-corrected chi connectivity index (χ4v) is 4.79. The highest BCUT2D eigenvalue weighted by atomic mass is 32.1. The van der Waals surface area contributed by atoms with E-state index in [0.29, 0.717) is 0 Å². The second-order valence-corrected chi connectivity index (χ2v) is 8.25. The SMILES string of the molecule is CN1CCc2nc3sc(NC(=O)Nc4ccccc4)c(-n4cccc4)c3cc2C1. The number of nitrogens with one attached hydrogen (secondary N) is 2. The zero-order valence-corrected chi connectivity index (χ0v) is 16.9. The van der Waals surface area contributed by atoms with Gasteiger partial charge in [-0.15, -0.1) is 0 Å². The maximum atomic E-state index is 12.6. The van der Waals surface area contributed by atoms with Crippen molar-refractivity contribution in [2.45, 2.75) is 13.0 Å². The number of pyridine rings is 1. The lowest BCUT2D eigenvalue weighted by Gasteiger charge is -2.24. The van der Waals surface area contributed by atoms with E-state index in [9.17, 15) is 4.79 Å². The molecule has 4 aromatic rings. The van der Waals surface area contributed by atoms with Crippen molar-refractivity contribution < 1.29 is 4.79 Å². The van der Waals surface area contributed by atoms with E-state index in [-0.39, 0.29) is 6.03 Å². The van der Waals surface area contributed by atoms with Crippen LogP contribution < -0.4 is 10.6 Å². The monoisotopic (exact) mass is 403 g/mol. The van der Waals surface area contributed by atoms with Gasteiger partial charge < -0.3 is 14.8 Å². The van der Waals surface area contributed by atoms with Crippen molar-refractivity contribution in [3.8, 4) is 5.69 Å². The number of likely N-dealkylation sites (N-methyl/N-ethyl adjacent to an activating group) is 1. The number of para-hydroxylation sites is 1. The summed E-state index contributed by atoms with van der Waals surface area (Å²) in [4.78, 5) is 20.8. The molecule has 0 unspecified atom stereocenters. The van der Waals surface area contributed by atoms with Crippen LogP contribution in [0.3, 0.4) is 0 Å². The minimum atomic E-state index is -0.263. The largest absolute Gasteiger partial charge is 0.324 e. The molecule has 7 heteroatoms. The first-order valence-electron chi connectivity index (χ1n) is 9.57. The van der Waals surface area contributed by atoms with E-state index in [2.05, 4.69) is 28.6 Å². The number of carbonyl (C=O) groups is 1. The number of aromatic nitrogens is 2. The van der Waals surface area contributed by atoms with E-state index in [1.165, 1.54) is 16.9 Å². The predicted molar refractivity (Wildman–Crippen MR) is 118 cm³/mol. The molecule has 0 aliphatic carbocycles. The first kappa shape index (κ1) is 17.9. The average molecular weight is 404 g/mol. The van der Waals surface area contributed by atoms with E-state index in [0.717, 1.165) is 51.8 Å². The summed E-state index contributed by atoms with van der Waals surface area (Å²) in [6.07, 6.45) is 4.94. The second kappa shape index (κ2) is 7.35. The number of anilines is 2. The number of rotatable bonds is 3. The van der Waals surface area contributed by atoms with Gasteiger partial charge in [0.2, 0.25) is 0 Å². The molecule has 6 nitrogen and oxygen atoms in total.